The lowest BCUT2D eigenvalue weighted by atomic mass is 10.2. The van der Waals surface area contributed by atoms with Gasteiger partial charge in [0, 0.05) is 0 Å². The number of thioether (sulfide) groups is 2. The van der Waals surface area contributed by atoms with Gasteiger partial charge in [-0.1, -0.05) is 6.07 Å². The summed E-state index contributed by atoms with van der Waals surface area (Å²) in [6.07, 6.45) is 6.30. The van der Waals surface area contributed by atoms with Gasteiger partial charge in [-0.15, -0.1) is 0 Å². The predicted molar refractivity (Wildman–Crippen MR) is 103 cm³/mol. The van der Waals surface area contributed by atoms with Crippen molar-refractivity contribution >= 4 is 35.3 Å². The van der Waals surface area contributed by atoms with Crippen LogP contribution in [-0.2, 0) is 9.47 Å². The fourth-order valence-corrected chi connectivity index (χ4v) is 3.60. The molecule has 0 N–H and O–H groups in total. The fourth-order valence-electron chi connectivity index (χ4n) is 2.59. The number of aromatic nitrogens is 1. The summed E-state index contributed by atoms with van der Waals surface area (Å²) in [5, 5.41) is 0. The molecule has 0 radical (unpaired) electrons. The van der Waals surface area contributed by atoms with Crippen LogP contribution < -0.4 is 0 Å². The van der Waals surface area contributed by atoms with Crippen molar-refractivity contribution in [1.29, 1.82) is 0 Å². The van der Waals surface area contributed by atoms with E-state index >= 15 is 0 Å². The van der Waals surface area contributed by atoms with Crippen molar-refractivity contribution in [2.24, 2.45) is 9.98 Å². The van der Waals surface area contributed by atoms with Crippen molar-refractivity contribution in [2.45, 2.75) is 24.9 Å². The van der Waals surface area contributed by atoms with E-state index in [-0.39, 0.29) is 12.1 Å². The molecule has 0 aromatic carbocycles. The zero-order chi connectivity index (χ0) is 16.8. The highest BCUT2D eigenvalue weighted by molar-refractivity contribution is 7.98. The third-order valence-corrected chi connectivity index (χ3v) is 5.21. The zero-order valence-electron chi connectivity index (χ0n) is 14.1. The minimum atomic E-state index is 0.244. The van der Waals surface area contributed by atoms with E-state index in [1.807, 2.05) is 41.7 Å². The Morgan fingerprint density at radius 3 is 1.88 bits per heavy atom. The average molecular weight is 366 g/mol. The third kappa shape index (κ3) is 4.45. The largest absolute Gasteiger partial charge is 0.474 e. The van der Waals surface area contributed by atoms with Gasteiger partial charge in [0.25, 0.3) is 0 Å². The molecule has 2 aliphatic heterocycles. The molecule has 130 valence electrons. The Hall–Kier alpha value is -1.21. The number of aliphatic imine (C=N–C) groups is 2. The number of pyridine rings is 1. The molecule has 0 saturated carbocycles. The molecule has 1 aromatic heterocycles. The van der Waals surface area contributed by atoms with Crippen LogP contribution in [0.25, 0.3) is 0 Å². The number of rotatable bonds is 8. The lowest BCUT2D eigenvalue weighted by Gasteiger charge is -2.04. The molecule has 0 unspecified atom stereocenters. The SMILES string of the molecule is CSCC[C@H]1COC(c2cccc(C3=N[C@@H](CCSC)CO3)n2)=N1. The summed E-state index contributed by atoms with van der Waals surface area (Å²) in [5.74, 6) is 3.47. The van der Waals surface area contributed by atoms with Crippen LogP contribution in [0, 0.1) is 0 Å². The lowest BCUT2D eigenvalue weighted by molar-refractivity contribution is 0.313. The van der Waals surface area contributed by atoms with Crippen LogP contribution in [0.4, 0.5) is 0 Å². The van der Waals surface area contributed by atoms with Crippen molar-refractivity contribution in [3.63, 3.8) is 0 Å². The smallest absolute Gasteiger partial charge is 0.235 e. The predicted octanol–water partition coefficient (Wildman–Crippen LogP) is 2.88. The second-order valence-corrected chi connectivity index (χ2v) is 7.74. The van der Waals surface area contributed by atoms with Crippen molar-refractivity contribution in [2.75, 3.05) is 37.2 Å². The van der Waals surface area contributed by atoms with Crippen LogP contribution in [0.15, 0.2) is 28.2 Å². The van der Waals surface area contributed by atoms with Crippen LogP contribution >= 0.6 is 23.5 Å². The maximum Gasteiger partial charge on any atom is 0.235 e. The summed E-state index contributed by atoms with van der Waals surface area (Å²) < 4.78 is 11.5. The van der Waals surface area contributed by atoms with Gasteiger partial charge >= 0.3 is 0 Å². The molecular formula is C17H23N3O2S2. The van der Waals surface area contributed by atoms with Crippen LogP contribution in [0.5, 0.6) is 0 Å². The Labute approximate surface area is 151 Å². The Morgan fingerprint density at radius 1 is 0.917 bits per heavy atom. The van der Waals surface area contributed by atoms with Crippen LogP contribution in [0.2, 0.25) is 0 Å². The van der Waals surface area contributed by atoms with Gasteiger partial charge in [0.15, 0.2) is 0 Å². The quantitative estimate of drug-likeness (QED) is 0.709. The molecule has 0 bridgehead atoms. The zero-order valence-corrected chi connectivity index (χ0v) is 15.7. The average Bonchev–Trinajstić information content (AvgIpc) is 3.28. The first-order valence-corrected chi connectivity index (χ1v) is 11.0. The molecule has 7 heteroatoms. The summed E-state index contributed by atoms with van der Waals surface area (Å²) in [6, 6.07) is 6.31. The molecule has 3 heterocycles. The van der Waals surface area contributed by atoms with Gasteiger partial charge in [-0.3, -0.25) is 0 Å². The molecule has 0 aliphatic carbocycles. The van der Waals surface area contributed by atoms with Gasteiger partial charge in [0.05, 0.1) is 12.1 Å². The van der Waals surface area contributed by atoms with E-state index in [4.69, 9.17) is 9.47 Å². The number of ether oxygens (including phenoxy) is 2. The van der Waals surface area contributed by atoms with E-state index in [2.05, 4.69) is 27.5 Å². The molecule has 0 saturated heterocycles. The van der Waals surface area contributed by atoms with Gasteiger partial charge in [0.2, 0.25) is 11.8 Å². The third-order valence-electron chi connectivity index (χ3n) is 3.92. The molecule has 2 atom stereocenters. The monoisotopic (exact) mass is 365 g/mol. The number of hydrogen-bond donors (Lipinski definition) is 0. The minimum absolute atomic E-state index is 0.244. The van der Waals surface area contributed by atoms with Gasteiger partial charge in [0.1, 0.15) is 24.6 Å². The summed E-state index contributed by atoms with van der Waals surface area (Å²) in [4.78, 5) is 14.0. The van der Waals surface area contributed by atoms with Crippen molar-refractivity contribution in [3.8, 4) is 0 Å². The van der Waals surface area contributed by atoms with Gasteiger partial charge in [-0.05, 0) is 49.0 Å². The molecule has 0 spiro atoms. The first kappa shape index (κ1) is 17.6. The molecule has 2 aliphatic rings. The minimum Gasteiger partial charge on any atom is -0.474 e. The van der Waals surface area contributed by atoms with E-state index in [0.717, 1.165) is 35.7 Å². The maximum atomic E-state index is 5.74. The Morgan fingerprint density at radius 2 is 1.42 bits per heavy atom. The van der Waals surface area contributed by atoms with E-state index in [1.54, 1.807) is 0 Å². The molecule has 5 nitrogen and oxygen atoms in total. The number of nitrogens with zero attached hydrogens (tertiary/aromatic N) is 3. The standard InChI is InChI=1S/C17H23N3O2S2/c1-23-8-6-12-10-21-16(18-12)14-4-3-5-15(20-14)17-19-13(11-22-17)7-9-24-2/h3-5,12-13H,6-11H2,1-2H3/t12-,13-/m0/s1. The summed E-state index contributed by atoms with van der Waals surface area (Å²) in [5.41, 5.74) is 1.52. The van der Waals surface area contributed by atoms with Gasteiger partial charge < -0.3 is 9.47 Å². The highest BCUT2D eigenvalue weighted by Gasteiger charge is 2.24. The molecule has 0 fully saturated rings. The second-order valence-electron chi connectivity index (χ2n) is 5.77. The summed E-state index contributed by atoms with van der Waals surface area (Å²) >= 11 is 3.67. The van der Waals surface area contributed by atoms with E-state index in [0.29, 0.717) is 25.0 Å². The van der Waals surface area contributed by atoms with Crippen molar-refractivity contribution in [3.05, 3.63) is 29.6 Å². The normalized spacial score (nSPS) is 22.8. The van der Waals surface area contributed by atoms with Crippen LogP contribution in [0.1, 0.15) is 24.2 Å². The fraction of sp³-hybridized carbons (Fsp3) is 0.588. The highest BCUT2D eigenvalue weighted by Crippen LogP contribution is 2.18. The molecule has 3 rings (SSSR count). The summed E-state index contributed by atoms with van der Waals surface area (Å²) in [6.45, 7) is 1.30. The summed E-state index contributed by atoms with van der Waals surface area (Å²) in [7, 11) is 0. The number of hydrogen-bond acceptors (Lipinski definition) is 7. The molecule has 1 aromatic rings. The second kappa shape index (κ2) is 8.76. The van der Waals surface area contributed by atoms with Gasteiger partial charge in [-0.25, -0.2) is 15.0 Å². The van der Waals surface area contributed by atoms with Crippen LogP contribution in [0.3, 0.4) is 0 Å². The lowest BCUT2D eigenvalue weighted by Crippen LogP contribution is -2.10. The molecule has 24 heavy (non-hydrogen) atoms. The Bertz CT molecular complexity index is 572. The first-order chi connectivity index (χ1) is 11.8. The Balaban J connectivity index is 1.69. The van der Waals surface area contributed by atoms with Crippen molar-refractivity contribution < 1.29 is 9.47 Å². The Kier molecular flexibility index (Phi) is 6.43. The van der Waals surface area contributed by atoms with Gasteiger partial charge in [-0.2, -0.15) is 23.5 Å². The van der Waals surface area contributed by atoms with E-state index in [1.165, 1.54) is 0 Å². The van der Waals surface area contributed by atoms with Crippen LogP contribution in [-0.4, -0.2) is 66.1 Å². The molecular weight excluding hydrogens is 342 g/mol. The van der Waals surface area contributed by atoms with Crippen molar-refractivity contribution in [1.82, 2.24) is 4.98 Å². The maximum absolute atomic E-state index is 5.74. The topological polar surface area (TPSA) is 56.1 Å². The van der Waals surface area contributed by atoms with E-state index in [9.17, 15) is 0 Å². The van der Waals surface area contributed by atoms with E-state index < -0.39 is 0 Å². The first-order valence-electron chi connectivity index (χ1n) is 8.17. The highest BCUT2D eigenvalue weighted by atomic mass is 32.2. The molecule has 0 amide bonds.